The summed E-state index contributed by atoms with van der Waals surface area (Å²) in [6, 6.07) is 5.03. The molecule has 1 fully saturated rings. The van der Waals surface area contributed by atoms with Crippen molar-refractivity contribution in [2.75, 3.05) is 38.0 Å². The molecule has 1 aliphatic rings. The third-order valence-electron chi connectivity index (χ3n) is 5.16. The number of anilines is 3. The normalized spacial score (nSPS) is 19.0. The Morgan fingerprint density at radius 1 is 1.43 bits per heavy atom. The molecule has 3 aromatic heterocycles. The number of nitrogens with two attached hydrogens (primary N) is 1. The van der Waals surface area contributed by atoms with Gasteiger partial charge in [0.15, 0.2) is 5.65 Å². The molecule has 1 unspecified atom stereocenters. The van der Waals surface area contributed by atoms with Gasteiger partial charge in [-0.15, -0.1) is 0 Å². The Kier molecular flexibility index (Phi) is 5.38. The summed E-state index contributed by atoms with van der Waals surface area (Å²) in [4.78, 5) is 29.3. The molecule has 0 spiro atoms. The summed E-state index contributed by atoms with van der Waals surface area (Å²) in [6.45, 7) is 1.00. The first-order chi connectivity index (χ1) is 14.5. The second kappa shape index (κ2) is 8.13. The van der Waals surface area contributed by atoms with Gasteiger partial charge in [0.1, 0.15) is 29.0 Å². The topological polar surface area (TPSA) is 138 Å². The highest BCUT2D eigenvalue weighted by atomic mass is 16.5. The molecule has 0 bridgehead atoms. The maximum atomic E-state index is 13.1. The molecule has 1 aliphatic heterocycles. The lowest BCUT2D eigenvalue weighted by Crippen LogP contribution is -2.40. The van der Waals surface area contributed by atoms with Crippen LogP contribution in [-0.2, 0) is 9.47 Å². The highest BCUT2D eigenvalue weighted by Crippen LogP contribution is 2.24. The molecule has 11 nitrogen and oxygen atoms in total. The number of carbonyl (C=O) groups excluding carboxylic acids is 1. The van der Waals surface area contributed by atoms with Crippen LogP contribution in [0.25, 0.3) is 5.65 Å². The number of methoxy groups -OCH3 is 1. The van der Waals surface area contributed by atoms with Gasteiger partial charge in [0.2, 0.25) is 0 Å². The van der Waals surface area contributed by atoms with E-state index in [0.717, 1.165) is 0 Å². The van der Waals surface area contributed by atoms with Crippen molar-refractivity contribution in [2.24, 2.45) is 5.73 Å². The molecule has 11 heteroatoms. The number of pyridine rings is 1. The van der Waals surface area contributed by atoms with E-state index in [9.17, 15) is 9.59 Å². The first-order valence-electron chi connectivity index (χ1n) is 9.48. The quantitative estimate of drug-likeness (QED) is 0.538. The zero-order valence-electron chi connectivity index (χ0n) is 16.7. The molecule has 1 saturated heterocycles. The summed E-state index contributed by atoms with van der Waals surface area (Å²) >= 11 is 0. The van der Waals surface area contributed by atoms with Crippen molar-refractivity contribution in [1.82, 2.24) is 19.2 Å². The SMILES string of the molecule is CNc1cc(Nc2cccn(C3CCOC[C@H]3OC)c2=O)nc2c(C(N)=O)cnn12. The predicted molar refractivity (Wildman–Crippen MR) is 110 cm³/mol. The van der Waals surface area contributed by atoms with E-state index >= 15 is 0 Å². The van der Waals surface area contributed by atoms with E-state index in [-0.39, 0.29) is 28.9 Å². The lowest BCUT2D eigenvalue weighted by molar-refractivity contribution is -0.0609. The lowest BCUT2D eigenvalue weighted by atomic mass is 10.1. The summed E-state index contributed by atoms with van der Waals surface area (Å²) in [6.07, 6.45) is 3.57. The second-order valence-corrected chi connectivity index (χ2v) is 6.90. The van der Waals surface area contributed by atoms with Gasteiger partial charge in [-0.1, -0.05) is 0 Å². The molecule has 4 rings (SSSR count). The molecular weight excluding hydrogens is 390 g/mol. The van der Waals surface area contributed by atoms with Crippen molar-refractivity contribution in [3.63, 3.8) is 0 Å². The average Bonchev–Trinajstić information content (AvgIpc) is 3.19. The number of fused-ring (bicyclic) bond motifs is 1. The summed E-state index contributed by atoms with van der Waals surface area (Å²) in [5, 5.41) is 10.2. The average molecular weight is 413 g/mol. The molecule has 30 heavy (non-hydrogen) atoms. The molecule has 4 N–H and O–H groups in total. The number of nitrogens with one attached hydrogen (secondary N) is 2. The Morgan fingerprint density at radius 2 is 2.27 bits per heavy atom. The first kappa shape index (κ1) is 19.9. The molecule has 158 valence electrons. The second-order valence-electron chi connectivity index (χ2n) is 6.90. The van der Waals surface area contributed by atoms with Crippen LogP contribution < -0.4 is 21.9 Å². The van der Waals surface area contributed by atoms with Crippen molar-refractivity contribution in [3.05, 3.63) is 46.5 Å². The number of aromatic nitrogens is 4. The van der Waals surface area contributed by atoms with Gasteiger partial charge in [0.25, 0.3) is 11.5 Å². The monoisotopic (exact) mass is 413 g/mol. The minimum Gasteiger partial charge on any atom is -0.379 e. The fourth-order valence-electron chi connectivity index (χ4n) is 3.63. The first-order valence-corrected chi connectivity index (χ1v) is 9.48. The van der Waals surface area contributed by atoms with Gasteiger partial charge >= 0.3 is 0 Å². The number of nitrogens with zero attached hydrogens (tertiary/aromatic N) is 4. The molecule has 4 heterocycles. The van der Waals surface area contributed by atoms with E-state index in [1.165, 1.54) is 10.7 Å². The smallest absolute Gasteiger partial charge is 0.274 e. The van der Waals surface area contributed by atoms with Crippen LogP contribution in [0.1, 0.15) is 22.8 Å². The number of hydrogen-bond acceptors (Lipinski definition) is 8. The lowest BCUT2D eigenvalue weighted by Gasteiger charge is -2.32. The molecule has 0 radical (unpaired) electrons. The van der Waals surface area contributed by atoms with E-state index in [1.807, 2.05) is 0 Å². The van der Waals surface area contributed by atoms with Crippen molar-refractivity contribution < 1.29 is 14.3 Å². The Labute approximate surface area is 171 Å². The highest BCUT2D eigenvalue weighted by Gasteiger charge is 2.28. The van der Waals surface area contributed by atoms with Gasteiger partial charge in [-0.05, 0) is 18.6 Å². The molecular formula is C19H23N7O4. The highest BCUT2D eigenvalue weighted by molar-refractivity contribution is 5.98. The summed E-state index contributed by atoms with van der Waals surface area (Å²) in [5.74, 6) is 0.319. The van der Waals surface area contributed by atoms with Crippen LogP contribution in [0.15, 0.2) is 35.4 Å². The Hall–Kier alpha value is -3.44. The standard InChI is InChI=1S/C19H23N7O4/c1-21-16-8-15(24-18-11(17(20)27)9-22-26(16)18)23-12-4-3-6-25(19(12)28)13-5-7-30-10-14(13)29-2/h3-4,6,8-9,13-14,21H,5,7,10H2,1-2H3,(H2,20,27)(H,23,24)/t13?,14-/m1/s1. The van der Waals surface area contributed by atoms with E-state index in [0.29, 0.717) is 37.0 Å². The van der Waals surface area contributed by atoms with Crippen LogP contribution in [0, 0.1) is 0 Å². The van der Waals surface area contributed by atoms with Gasteiger partial charge in [-0.2, -0.15) is 9.61 Å². The van der Waals surface area contributed by atoms with Gasteiger partial charge in [-0.3, -0.25) is 9.59 Å². The Morgan fingerprint density at radius 3 is 3.00 bits per heavy atom. The van der Waals surface area contributed by atoms with Crippen LogP contribution in [0.5, 0.6) is 0 Å². The van der Waals surface area contributed by atoms with Gasteiger partial charge < -0.3 is 30.4 Å². The van der Waals surface area contributed by atoms with E-state index < -0.39 is 5.91 Å². The number of primary amides is 1. The van der Waals surface area contributed by atoms with Crippen LogP contribution in [0.4, 0.5) is 17.3 Å². The molecule has 3 aromatic rings. The van der Waals surface area contributed by atoms with E-state index in [1.54, 1.807) is 43.1 Å². The number of hydrogen-bond donors (Lipinski definition) is 3. The van der Waals surface area contributed by atoms with E-state index in [4.69, 9.17) is 15.2 Å². The number of rotatable bonds is 6. The third-order valence-corrected chi connectivity index (χ3v) is 5.16. The van der Waals surface area contributed by atoms with Gasteiger partial charge in [0, 0.05) is 33.0 Å². The van der Waals surface area contributed by atoms with Crippen molar-refractivity contribution in [3.8, 4) is 0 Å². The maximum absolute atomic E-state index is 13.1. The molecule has 0 aromatic carbocycles. The number of amides is 1. The maximum Gasteiger partial charge on any atom is 0.274 e. The summed E-state index contributed by atoms with van der Waals surface area (Å²) < 4.78 is 14.1. The fraction of sp³-hybridized carbons (Fsp3) is 0.368. The fourth-order valence-corrected chi connectivity index (χ4v) is 3.63. The summed E-state index contributed by atoms with van der Waals surface area (Å²) in [7, 11) is 3.33. The van der Waals surface area contributed by atoms with Crippen molar-refractivity contribution in [1.29, 1.82) is 0 Å². The zero-order valence-corrected chi connectivity index (χ0v) is 16.7. The number of carbonyl (C=O) groups is 1. The summed E-state index contributed by atoms with van der Waals surface area (Å²) in [5.41, 5.74) is 6.04. The van der Waals surface area contributed by atoms with Crippen molar-refractivity contribution >= 4 is 28.9 Å². The van der Waals surface area contributed by atoms with Crippen LogP contribution in [0.3, 0.4) is 0 Å². The molecule has 0 aliphatic carbocycles. The largest absolute Gasteiger partial charge is 0.379 e. The van der Waals surface area contributed by atoms with Crippen LogP contribution >= 0.6 is 0 Å². The number of ether oxygens (including phenoxy) is 2. The van der Waals surface area contributed by atoms with Gasteiger partial charge in [-0.25, -0.2) is 4.98 Å². The minimum atomic E-state index is -0.635. The van der Waals surface area contributed by atoms with Crippen LogP contribution in [0.2, 0.25) is 0 Å². The van der Waals surface area contributed by atoms with E-state index in [2.05, 4.69) is 20.7 Å². The molecule has 2 atom stereocenters. The minimum absolute atomic E-state index is 0.127. The Bertz CT molecular complexity index is 1140. The predicted octanol–water partition coefficient (Wildman–Crippen LogP) is 0.752. The van der Waals surface area contributed by atoms with Gasteiger partial charge in [0.05, 0.1) is 18.8 Å². The van der Waals surface area contributed by atoms with Crippen LogP contribution in [-0.4, -0.2) is 58.5 Å². The van der Waals surface area contributed by atoms with Crippen molar-refractivity contribution in [2.45, 2.75) is 18.6 Å². The zero-order chi connectivity index (χ0) is 21.3. The molecule has 0 saturated carbocycles. The Balaban J connectivity index is 1.73. The third kappa shape index (κ3) is 3.48. The molecule has 1 amide bonds.